The molecule has 2 nitrogen and oxygen atoms in total. The number of rotatable bonds is 8. The minimum Gasteiger partial charge on any atom is -0.543 e. The minimum absolute atomic E-state index is 0.282. The van der Waals surface area contributed by atoms with E-state index in [0.29, 0.717) is 22.4 Å². The third-order valence-electron chi connectivity index (χ3n) is 5.97. The van der Waals surface area contributed by atoms with E-state index in [1.807, 2.05) is 5.38 Å². The van der Waals surface area contributed by atoms with Gasteiger partial charge in [-0.3, -0.25) is 4.79 Å². The van der Waals surface area contributed by atoms with Crippen LogP contribution in [0.25, 0.3) is 10.4 Å². The van der Waals surface area contributed by atoms with Gasteiger partial charge in [-0.15, -0.1) is 11.3 Å². The second-order valence-corrected chi connectivity index (χ2v) is 15.1. The van der Waals surface area contributed by atoms with Gasteiger partial charge in [0.1, 0.15) is 5.75 Å². The average molecular weight is 401 g/mol. The molecule has 146 valence electrons. The summed E-state index contributed by atoms with van der Waals surface area (Å²) in [5.41, 5.74) is 3.72. The molecular weight excluding hydrogens is 368 g/mol. The van der Waals surface area contributed by atoms with E-state index >= 15 is 0 Å². The first-order valence-corrected chi connectivity index (χ1v) is 13.2. The van der Waals surface area contributed by atoms with E-state index in [1.165, 1.54) is 0 Å². The first-order chi connectivity index (χ1) is 12.8. The summed E-state index contributed by atoms with van der Waals surface area (Å²) in [6.07, 6.45) is 2.12. The van der Waals surface area contributed by atoms with Crippen molar-refractivity contribution >= 4 is 25.4 Å². The Hall–Kier alpha value is -1.39. The molecule has 0 bridgehead atoms. The molecule has 0 unspecified atom stereocenters. The van der Waals surface area contributed by atoms with Crippen LogP contribution in [0.1, 0.15) is 64.7 Å². The largest absolute Gasteiger partial charge is 0.543 e. The van der Waals surface area contributed by atoms with E-state index in [4.69, 9.17) is 4.43 Å². The number of hydrogen-bond acceptors (Lipinski definition) is 3. The molecule has 1 fully saturated rings. The Bertz CT molecular complexity index is 763. The maximum absolute atomic E-state index is 12.2. The van der Waals surface area contributed by atoms with Crippen molar-refractivity contribution in [3.63, 3.8) is 0 Å². The van der Waals surface area contributed by atoms with E-state index in [9.17, 15) is 4.79 Å². The maximum Gasteiger partial charge on any atom is 0.258 e. The first kappa shape index (κ1) is 20.3. The van der Waals surface area contributed by atoms with Gasteiger partial charge in [-0.2, -0.15) is 0 Å². The van der Waals surface area contributed by atoms with Crippen molar-refractivity contribution in [2.75, 3.05) is 0 Å². The van der Waals surface area contributed by atoms with Gasteiger partial charge in [0, 0.05) is 21.7 Å². The third kappa shape index (κ3) is 4.07. The molecule has 1 heterocycles. The van der Waals surface area contributed by atoms with Crippen LogP contribution < -0.4 is 4.43 Å². The number of hydrogen-bond donors (Lipinski definition) is 0. The van der Waals surface area contributed by atoms with Crippen LogP contribution in [0.15, 0.2) is 35.7 Å². The van der Waals surface area contributed by atoms with Crippen molar-refractivity contribution < 1.29 is 9.22 Å². The fourth-order valence-corrected chi connectivity index (χ4v) is 10.6. The first-order valence-electron chi connectivity index (χ1n) is 10.2. The Labute approximate surface area is 169 Å². The van der Waals surface area contributed by atoms with E-state index < -0.39 is 8.32 Å². The Balaban J connectivity index is 1.79. The van der Waals surface area contributed by atoms with E-state index in [-0.39, 0.29) is 5.92 Å². The number of thiophene rings is 1. The highest BCUT2D eigenvalue weighted by molar-refractivity contribution is 7.13. The number of carbonyl (C=O) groups excluding carboxylic acids is 1. The molecule has 0 N–H and O–H groups in total. The highest BCUT2D eigenvalue weighted by atomic mass is 32.1. The fraction of sp³-hybridized carbons (Fsp3) is 0.522. The summed E-state index contributed by atoms with van der Waals surface area (Å²) in [5, 5.41) is 2.01. The van der Waals surface area contributed by atoms with Crippen molar-refractivity contribution in [1.29, 1.82) is 0 Å². The van der Waals surface area contributed by atoms with E-state index in [2.05, 4.69) is 71.9 Å². The molecule has 2 aromatic rings. The zero-order valence-corrected chi connectivity index (χ0v) is 19.2. The van der Waals surface area contributed by atoms with Gasteiger partial charge in [0.05, 0.1) is 0 Å². The third-order valence-corrected chi connectivity index (χ3v) is 13.0. The number of carbonyl (C=O) groups is 1. The lowest BCUT2D eigenvalue weighted by molar-refractivity contribution is 0.0968. The highest BCUT2D eigenvalue weighted by Gasteiger charge is 2.46. The smallest absolute Gasteiger partial charge is 0.258 e. The molecule has 1 saturated carbocycles. The molecule has 27 heavy (non-hydrogen) atoms. The second-order valence-electron chi connectivity index (χ2n) is 8.78. The Morgan fingerprint density at radius 3 is 2.04 bits per heavy atom. The SMILES string of the molecule is CC(C)[Si](Oc1ccc(-c2cc(C(=O)C3CC3)cs2)cc1)(C(C)C)C(C)C. The number of ketones is 1. The summed E-state index contributed by atoms with van der Waals surface area (Å²) in [6, 6.07) is 10.5. The molecule has 4 heteroatoms. The highest BCUT2D eigenvalue weighted by Crippen LogP contribution is 2.43. The van der Waals surface area contributed by atoms with Crippen LogP contribution in [0.2, 0.25) is 16.6 Å². The summed E-state index contributed by atoms with van der Waals surface area (Å²) < 4.78 is 6.75. The van der Waals surface area contributed by atoms with Gasteiger partial charge in [-0.25, -0.2) is 0 Å². The monoisotopic (exact) mass is 400 g/mol. The molecule has 1 aliphatic carbocycles. The summed E-state index contributed by atoms with van der Waals surface area (Å²) in [7, 11) is -1.92. The standard InChI is InChI=1S/C23H32O2SSi/c1-15(2)27(16(3)4,17(5)6)25-21-11-9-18(10-12-21)22-13-20(14-26-22)23(24)19-7-8-19/h9-17,19H,7-8H2,1-6H3. The van der Waals surface area contributed by atoms with Crippen LogP contribution in [0.3, 0.4) is 0 Å². The van der Waals surface area contributed by atoms with Crippen LogP contribution >= 0.6 is 11.3 Å². The molecule has 0 aliphatic heterocycles. The molecule has 3 rings (SSSR count). The Morgan fingerprint density at radius 1 is 1.00 bits per heavy atom. The zero-order chi connectivity index (χ0) is 19.8. The summed E-state index contributed by atoms with van der Waals surface area (Å²) in [5.74, 6) is 1.58. The van der Waals surface area contributed by atoms with E-state index in [0.717, 1.165) is 34.6 Å². The van der Waals surface area contributed by atoms with Crippen molar-refractivity contribution in [3.05, 3.63) is 41.3 Å². The summed E-state index contributed by atoms with van der Waals surface area (Å²) >= 11 is 1.66. The van der Waals surface area contributed by atoms with Gasteiger partial charge in [0.25, 0.3) is 8.32 Å². The maximum atomic E-state index is 12.2. The second kappa shape index (κ2) is 7.92. The normalized spacial score (nSPS) is 15.0. The number of Topliss-reactive ketones (excluding diaryl/α,β-unsaturated/α-hetero) is 1. The van der Waals surface area contributed by atoms with Crippen LogP contribution in [-0.4, -0.2) is 14.1 Å². The van der Waals surface area contributed by atoms with Crippen molar-refractivity contribution in [2.45, 2.75) is 71.0 Å². The molecule has 0 amide bonds. The van der Waals surface area contributed by atoms with Crippen LogP contribution in [0.5, 0.6) is 5.75 Å². The molecule has 0 atom stereocenters. The van der Waals surface area contributed by atoms with Gasteiger partial charge < -0.3 is 4.43 Å². The fourth-order valence-electron chi connectivity index (χ4n) is 4.44. The molecule has 0 radical (unpaired) electrons. The van der Waals surface area contributed by atoms with Gasteiger partial charge in [0.15, 0.2) is 5.78 Å². The number of benzene rings is 1. The van der Waals surface area contributed by atoms with Gasteiger partial charge in [0.2, 0.25) is 0 Å². The summed E-state index contributed by atoms with van der Waals surface area (Å²) in [4.78, 5) is 13.4. The predicted octanol–water partition coefficient (Wildman–Crippen LogP) is 7.56. The molecule has 1 aromatic carbocycles. The van der Waals surface area contributed by atoms with E-state index in [1.54, 1.807) is 11.3 Å². The van der Waals surface area contributed by atoms with Crippen LogP contribution in [0, 0.1) is 5.92 Å². The van der Waals surface area contributed by atoms with Crippen molar-refractivity contribution in [3.8, 4) is 16.2 Å². The Kier molecular flexibility index (Phi) is 5.97. The molecule has 1 aromatic heterocycles. The quantitative estimate of drug-likeness (QED) is 0.337. The lowest BCUT2D eigenvalue weighted by Crippen LogP contribution is -2.50. The van der Waals surface area contributed by atoms with Crippen molar-refractivity contribution in [1.82, 2.24) is 0 Å². The predicted molar refractivity (Wildman–Crippen MR) is 118 cm³/mol. The van der Waals surface area contributed by atoms with Gasteiger partial charge >= 0.3 is 0 Å². The molecule has 0 saturated heterocycles. The molecule has 1 aliphatic rings. The molecule has 0 spiro atoms. The lowest BCUT2D eigenvalue weighted by Gasteiger charge is -2.42. The van der Waals surface area contributed by atoms with Gasteiger partial charge in [-0.05, 0) is 65.4 Å². The van der Waals surface area contributed by atoms with Crippen LogP contribution in [-0.2, 0) is 0 Å². The van der Waals surface area contributed by atoms with Crippen molar-refractivity contribution in [2.24, 2.45) is 5.92 Å². The zero-order valence-electron chi connectivity index (χ0n) is 17.4. The van der Waals surface area contributed by atoms with Gasteiger partial charge in [-0.1, -0.05) is 41.5 Å². The Morgan fingerprint density at radius 2 is 1.56 bits per heavy atom. The summed E-state index contributed by atoms with van der Waals surface area (Å²) in [6.45, 7) is 13.9. The topological polar surface area (TPSA) is 26.3 Å². The minimum atomic E-state index is -1.92. The molecular formula is C23H32O2SSi. The average Bonchev–Trinajstić information content (AvgIpc) is 3.35. The lowest BCUT2D eigenvalue weighted by atomic mass is 10.1. The van der Waals surface area contributed by atoms with Crippen LogP contribution in [0.4, 0.5) is 0 Å².